The van der Waals surface area contributed by atoms with Gasteiger partial charge in [0.2, 0.25) is 0 Å². The molecule has 0 spiro atoms. The zero-order valence-corrected chi connectivity index (χ0v) is 8.63. The molecule has 0 aromatic carbocycles. The average Bonchev–Trinajstić information content (AvgIpc) is 0. The number of halogens is 2. The van der Waals surface area contributed by atoms with Crippen LogP contribution in [-0.2, 0) is 0 Å². The molecule has 0 unspecified atom stereocenters. The van der Waals surface area contributed by atoms with E-state index in [9.17, 15) is 0 Å². The van der Waals surface area contributed by atoms with E-state index in [1.807, 2.05) is 0 Å². The number of hydrogen-bond acceptors (Lipinski definition) is 0. The van der Waals surface area contributed by atoms with Crippen molar-refractivity contribution >= 4 is 70.3 Å². The van der Waals surface area contributed by atoms with Crippen LogP contribution in [0.25, 0.3) is 0 Å². The van der Waals surface area contributed by atoms with Crippen LogP contribution in [0.1, 0.15) is 0 Å². The SMILES string of the molecule is Cl.Cl.[CH3-].[CH3-].[Sr+2]. The Morgan fingerprint density at radius 1 is 0.600 bits per heavy atom. The van der Waals surface area contributed by atoms with Crippen molar-refractivity contribution in [2.45, 2.75) is 0 Å². The van der Waals surface area contributed by atoms with Crippen molar-refractivity contribution in [2.75, 3.05) is 0 Å². The van der Waals surface area contributed by atoms with Gasteiger partial charge in [-0.25, -0.2) is 0 Å². The molecule has 0 N–H and O–H groups in total. The Kier molecular flexibility index (Phi) is 447. The number of rotatable bonds is 0. The van der Waals surface area contributed by atoms with Crippen molar-refractivity contribution in [3.63, 3.8) is 0 Å². The summed E-state index contributed by atoms with van der Waals surface area (Å²) in [6.45, 7) is 0. The molecule has 0 nitrogen and oxygen atoms in total. The molecule has 0 saturated carbocycles. The molecule has 0 radical (unpaired) electrons. The molecule has 0 aliphatic rings. The van der Waals surface area contributed by atoms with Gasteiger partial charge in [-0.1, -0.05) is 0 Å². The second-order valence-corrected chi connectivity index (χ2v) is 0. The molecule has 0 atom stereocenters. The maximum absolute atomic E-state index is 0. The van der Waals surface area contributed by atoms with Gasteiger partial charge in [0, 0.05) is 0 Å². The molecule has 0 bridgehead atoms. The Hall–Kier alpha value is 2.06. The Morgan fingerprint density at radius 3 is 0.600 bits per heavy atom. The van der Waals surface area contributed by atoms with Gasteiger partial charge in [0.25, 0.3) is 0 Å². The zero-order valence-electron chi connectivity index (χ0n) is 3.52. The van der Waals surface area contributed by atoms with Gasteiger partial charge in [0.05, 0.1) is 0 Å². The van der Waals surface area contributed by atoms with E-state index in [4.69, 9.17) is 0 Å². The van der Waals surface area contributed by atoms with Crippen molar-refractivity contribution < 1.29 is 0 Å². The van der Waals surface area contributed by atoms with Gasteiger partial charge in [-0.05, 0) is 0 Å². The van der Waals surface area contributed by atoms with E-state index in [1.54, 1.807) is 0 Å². The molecule has 0 saturated heterocycles. The maximum Gasteiger partial charge on any atom is 2.00 e. The summed E-state index contributed by atoms with van der Waals surface area (Å²) in [4.78, 5) is 0. The smallest absolute Gasteiger partial charge is 0.358 e. The van der Waals surface area contributed by atoms with E-state index in [1.165, 1.54) is 0 Å². The average molecular weight is 191 g/mol. The molecule has 5 heavy (non-hydrogen) atoms. The monoisotopic (exact) mass is 190 g/mol. The minimum absolute atomic E-state index is 0. The summed E-state index contributed by atoms with van der Waals surface area (Å²) in [5.74, 6) is 0. The molecule has 0 fully saturated rings. The summed E-state index contributed by atoms with van der Waals surface area (Å²) in [7, 11) is 0. The van der Waals surface area contributed by atoms with Crippen LogP contribution in [0, 0.1) is 14.9 Å². The van der Waals surface area contributed by atoms with Gasteiger partial charge < -0.3 is 14.9 Å². The third-order valence-corrected chi connectivity index (χ3v) is 0. The first kappa shape index (κ1) is 61.1. The van der Waals surface area contributed by atoms with E-state index in [0.717, 1.165) is 0 Å². The quantitative estimate of drug-likeness (QED) is 0.400. The van der Waals surface area contributed by atoms with Crippen LogP contribution < -0.4 is 0 Å². The van der Waals surface area contributed by atoms with E-state index in [2.05, 4.69) is 0 Å². The first-order valence-electron chi connectivity index (χ1n) is 0. The predicted octanol–water partition coefficient (Wildman–Crippen LogP) is 1.36. The second-order valence-electron chi connectivity index (χ2n) is 0. The van der Waals surface area contributed by atoms with Gasteiger partial charge in [0.1, 0.15) is 0 Å². The molecule has 0 heterocycles. The minimum atomic E-state index is 0. The Balaban J connectivity index is 0. The summed E-state index contributed by atoms with van der Waals surface area (Å²) in [5.41, 5.74) is 0. The molecule has 0 aliphatic carbocycles. The van der Waals surface area contributed by atoms with Crippen LogP contribution in [0.3, 0.4) is 0 Å². The molecule has 0 rings (SSSR count). The standard InChI is InChI=1S/2CH3.2ClH.Sr/h2*1H3;2*1H;/q2*-1;;;+2. The van der Waals surface area contributed by atoms with Gasteiger partial charge in [-0.3, -0.25) is 0 Å². The molecule has 0 aliphatic heterocycles. The van der Waals surface area contributed by atoms with Gasteiger partial charge in [-0.15, -0.1) is 24.8 Å². The third-order valence-electron chi connectivity index (χ3n) is 0. The van der Waals surface area contributed by atoms with Crippen LogP contribution in [-0.4, -0.2) is 45.5 Å². The fourth-order valence-electron chi connectivity index (χ4n) is 0. The zero-order chi connectivity index (χ0) is 0. The van der Waals surface area contributed by atoms with Gasteiger partial charge in [-0.2, -0.15) is 0 Å². The van der Waals surface area contributed by atoms with Crippen molar-refractivity contribution in [1.29, 1.82) is 0 Å². The fraction of sp³-hybridized carbons (Fsp3) is 0. The van der Waals surface area contributed by atoms with E-state index in [0.29, 0.717) is 0 Å². The molecular weight excluding hydrogens is 183 g/mol. The normalized spacial score (nSPS) is 0. The van der Waals surface area contributed by atoms with Crippen LogP contribution in [0.4, 0.5) is 0 Å². The molecule has 0 amide bonds. The molecule has 0 aromatic heterocycles. The van der Waals surface area contributed by atoms with Crippen LogP contribution in [0.2, 0.25) is 0 Å². The summed E-state index contributed by atoms with van der Waals surface area (Å²) >= 11 is 0. The first-order chi connectivity index (χ1) is 0. The molecule has 3 heteroatoms. The Bertz CT molecular complexity index is 7.61. The van der Waals surface area contributed by atoms with Crippen LogP contribution in [0.5, 0.6) is 0 Å². The maximum atomic E-state index is 0. The van der Waals surface area contributed by atoms with E-state index >= 15 is 0 Å². The minimum Gasteiger partial charge on any atom is -0.358 e. The summed E-state index contributed by atoms with van der Waals surface area (Å²) in [5, 5.41) is 0. The summed E-state index contributed by atoms with van der Waals surface area (Å²) in [6, 6.07) is 0. The van der Waals surface area contributed by atoms with Crippen LogP contribution >= 0.6 is 24.8 Å². The Morgan fingerprint density at radius 2 is 0.600 bits per heavy atom. The second kappa shape index (κ2) is 36.6. The summed E-state index contributed by atoms with van der Waals surface area (Å²) in [6.07, 6.45) is 0. The van der Waals surface area contributed by atoms with Gasteiger partial charge >= 0.3 is 45.5 Å². The largest absolute Gasteiger partial charge is 2.00 e. The van der Waals surface area contributed by atoms with E-state index in [-0.39, 0.29) is 85.1 Å². The van der Waals surface area contributed by atoms with Crippen molar-refractivity contribution in [2.24, 2.45) is 0 Å². The van der Waals surface area contributed by atoms with Crippen molar-refractivity contribution in [1.82, 2.24) is 0 Å². The number of hydrogen-bond donors (Lipinski definition) is 0. The van der Waals surface area contributed by atoms with Crippen molar-refractivity contribution in [3.05, 3.63) is 14.9 Å². The fourth-order valence-corrected chi connectivity index (χ4v) is 0. The van der Waals surface area contributed by atoms with Crippen LogP contribution in [0.15, 0.2) is 0 Å². The van der Waals surface area contributed by atoms with Gasteiger partial charge in [0.15, 0.2) is 0 Å². The first-order valence-corrected chi connectivity index (χ1v) is 0. The molecular formula is C2H8Cl2Sr. The molecule has 32 valence electrons. The topological polar surface area (TPSA) is 0 Å². The molecule has 0 aromatic rings. The summed E-state index contributed by atoms with van der Waals surface area (Å²) < 4.78 is 0. The Labute approximate surface area is 83.8 Å². The third kappa shape index (κ3) is 23.5. The van der Waals surface area contributed by atoms with Crippen molar-refractivity contribution in [3.8, 4) is 0 Å². The van der Waals surface area contributed by atoms with E-state index < -0.39 is 0 Å². The predicted molar refractivity (Wildman–Crippen MR) is 33.1 cm³/mol.